The highest BCUT2D eigenvalue weighted by atomic mass is 16.5. The van der Waals surface area contributed by atoms with Crippen LogP contribution in [-0.4, -0.2) is 37.2 Å². The molecule has 12 heavy (non-hydrogen) atoms. The van der Waals surface area contributed by atoms with Crippen molar-refractivity contribution in [2.45, 2.75) is 39.8 Å². The maximum Gasteiger partial charge on any atom is 0.0761 e. The fraction of sp³-hybridized carbons (Fsp3) is 1.00. The van der Waals surface area contributed by atoms with Crippen LogP contribution in [0.25, 0.3) is 0 Å². The monoisotopic (exact) mass is 171 g/mol. The van der Waals surface area contributed by atoms with Gasteiger partial charge in [-0.1, -0.05) is 13.8 Å². The highest BCUT2D eigenvalue weighted by molar-refractivity contribution is 4.92. The largest absolute Gasteiger partial charge is 0.380 e. The zero-order chi connectivity index (χ0) is 9.35. The van der Waals surface area contributed by atoms with Crippen LogP contribution in [0.3, 0.4) is 0 Å². The van der Waals surface area contributed by atoms with Gasteiger partial charge in [-0.25, -0.2) is 0 Å². The molecule has 0 radical (unpaired) electrons. The molecule has 0 bridgehead atoms. The molecule has 0 spiro atoms. The van der Waals surface area contributed by atoms with Crippen molar-refractivity contribution in [1.82, 2.24) is 4.90 Å². The van der Waals surface area contributed by atoms with Crippen LogP contribution >= 0.6 is 0 Å². The van der Waals surface area contributed by atoms with Gasteiger partial charge in [0.05, 0.1) is 6.10 Å². The summed E-state index contributed by atoms with van der Waals surface area (Å²) in [5, 5.41) is 0. The molecular formula is C10H21NO. The fourth-order valence-corrected chi connectivity index (χ4v) is 1.94. The van der Waals surface area contributed by atoms with Crippen molar-refractivity contribution in [3.63, 3.8) is 0 Å². The third-order valence-electron chi connectivity index (χ3n) is 2.90. The summed E-state index contributed by atoms with van der Waals surface area (Å²) in [5.74, 6) is 0. The van der Waals surface area contributed by atoms with E-state index in [1.165, 1.54) is 0 Å². The summed E-state index contributed by atoms with van der Waals surface area (Å²) in [6.07, 6.45) is 0.403. The molecule has 0 aliphatic carbocycles. The lowest BCUT2D eigenvalue weighted by Crippen LogP contribution is -2.29. The first-order chi connectivity index (χ1) is 5.47. The smallest absolute Gasteiger partial charge is 0.0761 e. The van der Waals surface area contributed by atoms with Crippen LogP contribution in [-0.2, 0) is 4.74 Å². The minimum absolute atomic E-state index is 0.318. The minimum Gasteiger partial charge on any atom is -0.380 e. The molecular weight excluding hydrogens is 150 g/mol. The van der Waals surface area contributed by atoms with Crippen molar-refractivity contribution in [3.8, 4) is 0 Å². The zero-order valence-corrected chi connectivity index (χ0v) is 8.92. The second kappa shape index (κ2) is 3.35. The third-order valence-corrected chi connectivity index (χ3v) is 2.90. The lowest BCUT2D eigenvalue weighted by molar-refractivity contribution is 0.0429. The first kappa shape index (κ1) is 10.0. The minimum atomic E-state index is 0.318. The van der Waals surface area contributed by atoms with Gasteiger partial charge in [0.1, 0.15) is 0 Å². The number of hydrogen-bond acceptors (Lipinski definition) is 2. The summed E-state index contributed by atoms with van der Waals surface area (Å²) in [6, 6.07) is 0.643. The Balaban J connectivity index is 2.60. The quantitative estimate of drug-likeness (QED) is 0.627. The van der Waals surface area contributed by atoms with E-state index in [1.807, 2.05) is 7.11 Å². The molecule has 1 rings (SSSR count). The number of rotatable bonds is 2. The Morgan fingerprint density at radius 2 is 2.00 bits per heavy atom. The number of ether oxygens (including phenoxy) is 1. The molecule has 0 amide bonds. The van der Waals surface area contributed by atoms with Gasteiger partial charge in [-0.3, -0.25) is 4.90 Å². The molecule has 0 aromatic heterocycles. The molecule has 1 heterocycles. The molecule has 1 atom stereocenters. The Kier molecular flexibility index (Phi) is 2.79. The van der Waals surface area contributed by atoms with Gasteiger partial charge in [0.25, 0.3) is 0 Å². The fourth-order valence-electron chi connectivity index (χ4n) is 1.94. The number of hydrogen-bond donors (Lipinski definition) is 0. The average Bonchev–Trinajstić information content (AvgIpc) is 2.25. The standard InChI is InChI=1S/C10H21NO/c1-8(2)11-6-9(12-5)10(3,4)7-11/h8-9H,6-7H2,1-5H3. The Labute approximate surface area is 75.9 Å². The summed E-state index contributed by atoms with van der Waals surface area (Å²) in [5.41, 5.74) is 0.318. The van der Waals surface area contributed by atoms with E-state index in [-0.39, 0.29) is 0 Å². The van der Waals surface area contributed by atoms with Crippen LogP contribution in [0.1, 0.15) is 27.7 Å². The average molecular weight is 171 g/mol. The summed E-state index contributed by atoms with van der Waals surface area (Å²) < 4.78 is 5.47. The first-order valence-electron chi connectivity index (χ1n) is 4.74. The van der Waals surface area contributed by atoms with Crippen molar-refractivity contribution in [1.29, 1.82) is 0 Å². The molecule has 0 aromatic rings. The summed E-state index contributed by atoms with van der Waals surface area (Å²) in [6.45, 7) is 11.3. The van der Waals surface area contributed by atoms with E-state index >= 15 is 0 Å². The highest BCUT2D eigenvalue weighted by Gasteiger charge is 2.40. The number of likely N-dealkylation sites (tertiary alicyclic amines) is 1. The van der Waals surface area contributed by atoms with E-state index in [1.54, 1.807) is 0 Å². The van der Waals surface area contributed by atoms with Crippen molar-refractivity contribution < 1.29 is 4.74 Å². The molecule has 0 saturated carbocycles. The van der Waals surface area contributed by atoms with Crippen molar-refractivity contribution in [3.05, 3.63) is 0 Å². The molecule has 1 saturated heterocycles. The Morgan fingerprint density at radius 1 is 1.42 bits per heavy atom. The lowest BCUT2D eigenvalue weighted by Gasteiger charge is -2.24. The normalized spacial score (nSPS) is 30.0. The van der Waals surface area contributed by atoms with Crippen LogP contribution in [0, 0.1) is 5.41 Å². The SMILES string of the molecule is COC1CN(C(C)C)CC1(C)C. The summed E-state index contributed by atoms with van der Waals surface area (Å²) in [4.78, 5) is 2.48. The maximum absolute atomic E-state index is 5.47. The van der Waals surface area contributed by atoms with Gasteiger partial charge in [-0.15, -0.1) is 0 Å². The first-order valence-corrected chi connectivity index (χ1v) is 4.74. The van der Waals surface area contributed by atoms with E-state index in [4.69, 9.17) is 4.74 Å². The lowest BCUT2D eigenvalue weighted by atomic mass is 9.90. The second-order valence-electron chi connectivity index (χ2n) is 4.74. The molecule has 2 heteroatoms. The van der Waals surface area contributed by atoms with Gasteiger partial charge < -0.3 is 4.74 Å². The Hall–Kier alpha value is -0.0800. The zero-order valence-electron chi connectivity index (χ0n) is 8.92. The predicted octanol–water partition coefficient (Wildman–Crippen LogP) is 1.75. The molecule has 1 unspecified atom stereocenters. The van der Waals surface area contributed by atoms with Gasteiger partial charge in [0.2, 0.25) is 0 Å². The molecule has 2 nitrogen and oxygen atoms in total. The number of nitrogens with zero attached hydrogens (tertiary/aromatic N) is 1. The molecule has 1 aliphatic rings. The summed E-state index contributed by atoms with van der Waals surface area (Å²) in [7, 11) is 1.82. The van der Waals surface area contributed by atoms with Gasteiger partial charge >= 0.3 is 0 Å². The molecule has 1 fully saturated rings. The van der Waals surface area contributed by atoms with E-state index in [9.17, 15) is 0 Å². The highest BCUT2D eigenvalue weighted by Crippen LogP contribution is 2.32. The van der Waals surface area contributed by atoms with Crippen LogP contribution in [0.4, 0.5) is 0 Å². The Morgan fingerprint density at radius 3 is 2.25 bits per heavy atom. The second-order valence-corrected chi connectivity index (χ2v) is 4.74. The van der Waals surface area contributed by atoms with Crippen LogP contribution in [0.2, 0.25) is 0 Å². The Bertz CT molecular complexity index is 154. The summed E-state index contributed by atoms with van der Waals surface area (Å²) >= 11 is 0. The van der Waals surface area contributed by atoms with Crippen LogP contribution in [0.5, 0.6) is 0 Å². The topological polar surface area (TPSA) is 12.5 Å². The van der Waals surface area contributed by atoms with Gasteiger partial charge in [0, 0.05) is 31.7 Å². The van der Waals surface area contributed by atoms with E-state index in [0.29, 0.717) is 17.6 Å². The van der Waals surface area contributed by atoms with E-state index in [0.717, 1.165) is 13.1 Å². The van der Waals surface area contributed by atoms with Crippen molar-refractivity contribution >= 4 is 0 Å². The van der Waals surface area contributed by atoms with Crippen LogP contribution in [0.15, 0.2) is 0 Å². The third kappa shape index (κ3) is 1.80. The molecule has 1 aliphatic heterocycles. The van der Waals surface area contributed by atoms with E-state index in [2.05, 4.69) is 32.6 Å². The van der Waals surface area contributed by atoms with Crippen molar-refractivity contribution in [2.75, 3.05) is 20.2 Å². The van der Waals surface area contributed by atoms with E-state index < -0.39 is 0 Å². The van der Waals surface area contributed by atoms with Gasteiger partial charge in [-0.2, -0.15) is 0 Å². The van der Waals surface area contributed by atoms with Crippen molar-refractivity contribution in [2.24, 2.45) is 5.41 Å². The molecule has 0 aromatic carbocycles. The number of methoxy groups -OCH3 is 1. The van der Waals surface area contributed by atoms with Gasteiger partial charge in [0.15, 0.2) is 0 Å². The predicted molar refractivity (Wildman–Crippen MR) is 51.3 cm³/mol. The molecule has 0 N–H and O–H groups in total. The van der Waals surface area contributed by atoms with Crippen LogP contribution < -0.4 is 0 Å². The maximum atomic E-state index is 5.47. The van der Waals surface area contributed by atoms with Gasteiger partial charge in [-0.05, 0) is 13.8 Å². The molecule has 72 valence electrons.